The lowest BCUT2D eigenvalue weighted by atomic mass is 10.3. The average molecular weight is 596 g/mol. The Kier molecular flexibility index (Phi) is 15.2. The average Bonchev–Trinajstić information content (AvgIpc) is 3.21. The van der Waals surface area contributed by atoms with Gasteiger partial charge in [-0.05, 0) is 0 Å². The summed E-state index contributed by atoms with van der Waals surface area (Å²) in [6.07, 6.45) is -1.72. The fraction of sp³-hybridized carbons (Fsp3) is 0.471. The number of halogens is 4. The number of carbonyl (C=O) groups is 2. The van der Waals surface area contributed by atoms with Crippen LogP contribution in [0.2, 0.25) is 0 Å². The Balaban J connectivity index is 0.00000139. The molecule has 0 spiro atoms. The van der Waals surface area contributed by atoms with Gasteiger partial charge >= 0.3 is 24.3 Å². The van der Waals surface area contributed by atoms with Crippen molar-refractivity contribution in [2.45, 2.75) is 18.1 Å². The molecule has 0 amide bonds. The van der Waals surface area contributed by atoms with Gasteiger partial charge in [-0.2, -0.15) is 20.5 Å². The van der Waals surface area contributed by atoms with E-state index in [0.717, 1.165) is 17.6 Å². The molecule has 0 aliphatic carbocycles. The number of thiazole rings is 1. The van der Waals surface area contributed by atoms with Crippen molar-refractivity contribution >= 4 is 62.1 Å². The molecule has 37 heavy (non-hydrogen) atoms. The number of aliphatic carboxylic acids is 2. The van der Waals surface area contributed by atoms with Crippen LogP contribution in [0.15, 0.2) is 26.9 Å². The van der Waals surface area contributed by atoms with Crippen molar-refractivity contribution in [3.63, 3.8) is 0 Å². The molecule has 0 saturated heterocycles. The van der Waals surface area contributed by atoms with Crippen LogP contribution in [0.3, 0.4) is 0 Å². The summed E-state index contributed by atoms with van der Waals surface area (Å²) in [5.74, 6) is -5.91. The van der Waals surface area contributed by atoms with Crippen LogP contribution >= 0.6 is 23.1 Å². The van der Waals surface area contributed by atoms with Crippen molar-refractivity contribution in [3.8, 4) is 0 Å². The summed E-state index contributed by atoms with van der Waals surface area (Å²) < 4.78 is 75.4. The minimum Gasteiger partial charge on any atom is -0.478 e. The van der Waals surface area contributed by atoms with Gasteiger partial charge in [0, 0.05) is 42.6 Å². The molecule has 7 N–H and O–H groups in total. The molecule has 210 valence electrons. The Morgan fingerprint density at radius 2 is 1.89 bits per heavy atom. The minimum atomic E-state index is -4.25. The number of aromatic nitrogens is 1. The van der Waals surface area contributed by atoms with Crippen LogP contribution in [0.5, 0.6) is 0 Å². The largest absolute Gasteiger partial charge is 0.478 e. The number of nitrogens with two attached hydrogens (primary N) is 1. The summed E-state index contributed by atoms with van der Waals surface area (Å²) in [7, 11) is -1.96. The summed E-state index contributed by atoms with van der Waals surface area (Å²) >= 11 is 2.66. The monoisotopic (exact) mass is 595 g/mol. The standard InChI is InChI=1S/C13H21F4N7O2S3.C4H4O4/c1-19-11(24-29(2,25)26)20-3-4-27-5-8-6-28-12(22-8)23-10(18)21-7-13(16,17)9(14)15;5-3(6)1-2-4(7)8/h6,9H,3-5,7H2,1-2H3,(H2,19,20,24)(H3,18,21,22,23);1-2H,(H,5,6)(H,7,8)/b;2-1-. The summed E-state index contributed by atoms with van der Waals surface area (Å²) in [5, 5.41) is 25.6. The van der Waals surface area contributed by atoms with Gasteiger partial charge in [-0.3, -0.25) is 0 Å². The molecule has 0 aliphatic rings. The normalized spacial score (nSPS) is 12.7. The summed E-state index contributed by atoms with van der Waals surface area (Å²) in [5.41, 5.74) is 6.09. The molecule has 0 aromatic carbocycles. The molecular weight excluding hydrogens is 570 g/mol. The van der Waals surface area contributed by atoms with Crippen LogP contribution in [-0.2, 0) is 25.4 Å². The van der Waals surface area contributed by atoms with E-state index < -0.39 is 46.8 Å². The van der Waals surface area contributed by atoms with E-state index >= 15 is 0 Å². The van der Waals surface area contributed by atoms with Gasteiger partial charge in [0.15, 0.2) is 11.1 Å². The zero-order chi connectivity index (χ0) is 28.6. The number of guanidine groups is 2. The third-order valence-corrected chi connectivity index (χ3v) is 5.53. The van der Waals surface area contributed by atoms with Gasteiger partial charge in [-0.25, -0.2) is 36.8 Å². The van der Waals surface area contributed by atoms with Crippen LogP contribution < -0.4 is 21.7 Å². The summed E-state index contributed by atoms with van der Waals surface area (Å²) in [4.78, 5) is 26.5. The highest BCUT2D eigenvalue weighted by molar-refractivity contribution is 7.98. The van der Waals surface area contributed by atoms with Gasteiger partial charge in [-0.15, -0.1) is 15.7 Å². The number of hydrogen-bond acceptors (Lipinski definition) is 8. The highest BCUT2D eigenvalue weighted by Crippen LogP contribution is 2.23. The smallest absolute Gasteiger partial charge is 0.328 e. The molecule has 1 aromatic rings. The number of nitrogens with zero attached hydrogens (tertiary/aromatic N) is 3. The summed E-state index contributed by atoms with van der Waals surface area (Å²) in [6.45, 7) is -0.977. The van der Waals surface area contributed by atoms with Crippen molar-refractivity contribution in [2.75, 3.05) is 37.5 Å². The molecule has 0 fully saturated rings. The van der Waals surface area contributed by atoms with Gasteiger partial charge in [0.25, 0.3) is 10.0 Å². The molecule has 0 saturated carbocycles. The van der Waals surface area contributed by atoms with Crippen LogP contribution in [-0.4, -0.2) is 92.0 Å². The van der Waals surface area contributed by atoms with Crippen molar-refractivity contribution in [1.29, 1.82) is 0 Å². The fourth-order valence-electron chi connectivity index (χ4n) is 1.73. The third-order valence-electron chi connectivity index (χ3n) is 3.22. The van der Waals surface area contributed by atoms with Crippen LogP contribution in [0.25, 0.3) is 0 Å². The number of hydrogen-bond donors (Lipinski definition) is 6. The maximum atomic E-state index is 12.8. The molecule has 13 nitrogen and oxygen atoms in total. The predicted octanol–water partition coefficient (Wildman–Crippen LogP) is 0.840. The maximum Gasteiger partial charge on any atom is 0.328 e. The second-order valence-corrected chi connectivity index (χ2v) is 10.1. The lowest BCUT2D eigenvalue weighted by Crippen LogP contribution is -2.36. The molecule has 0 atom stereocenters. The highest BCUT2D eigenvalue weighted by atomic mass is 32.2. The van der Waals surface area contributed by atoms with Gasteiger partial charge in [0.1, 0.15) is 6.54 Å². The van der Waals surface area contributed by atoms with Crippen molar-refractivity contribution in [3.05, 3.63) is 23.2 Å². The topological polar surface area (TPSA) is 208 Å². The molecule has 1 rings (SSSR count). The predicted molar refractivity (Wildman–Crippen MR) is 133 cm³/mol. The second kappa shape index (κ2) is 16.6. The second-order valence-electron chi connectivity index (χ2n) is 6.44. The summed E-state index contributed by atoms with van der Waals surface area (Å²) in [6, 6.07) is 0. The number of carboxylic acid groups (broad SMARTS) is 2. The number of rotatable bonds is 12. The van der Waals surface area contributed by atoms with Gasteiger partial charge in [0.05, 0.1) is 11.9 Å². The Labute approximate surface area is 217 Å². The number of carboxylic acids is 2. The number of nitrogens with one attached hydrogen (secondary N) is 3. The number of thioether (sulfide) groups is 1. The molecule has 0 radical (unpaired) electrons. The first-order valence-electron chi connectivity index (χ1n) is 9.66. The SMILES string of the molecule is CN/C(=N/S(C)(=O)=O)NCCSCc1csc(N/C(N)=N\CC(F)(F)C(F)F)n1.O=C(O)/C=C\C(=O)O. The first kappa shape index (κ1) is 33.9. The number of alkyl halides is 4. The lowest BCUT2D eigenvalue weighted by molar-refractivity contribution is -0.134. The molecule has 1 aromatic heterocycles. The first-order valence-corrected chi connectivity index (χ1v) is 13.5. The first-order chi connectivity index (χ1) is 17.1. The van der Waals surface area contributed by atoms with Gasteiger partial charge in [0.2, 0.25) is 5.96 Å². The molecule has 0 aliphatic heterocycles. The molecule has 0 unspecified atom stereocenters. The quantitative estimate of drug-likeness (QED) is 0.0653. The Morgan fingerprint density at radius 3 is 2.38 bits per heavy atom. The molecule has 0 bridgehead atoms. The zero-order valence-electron chi connectivity index (χ0n) is 19.3. The van der Waals surface area contributed by atoms with Crippen molar-refractivity contribution < 1.29 is 45.8 Å². The number of aliphatic imine (C=N–C) groups is 1. The van der Waals surface area contributed by atoms with Crippen LogP contribution in [0, 0.1) is 0 Å². The third kappa shape index (κ3) is 17.9. The zero-order valence-corrected chi connectivity index (χ0v) is 21.8. The Hall–Kier alpha value is -3.13. The van der Waals surface area contributed by atoms with E-state index in [0.29, 0.717) is 35.9 Å². The van der Waals surface area contributed by atoms with Gasteiger partial charge < -0.3 is 31.9 Å². The van der Waals surface area contributed by atoms with E-state index in [2.05, 4.69) is 30.3 Å². The minimum absolute atomic E-state index is 0.139. The maximum absolute atomic E-state index is 12.8. The lowest BCUT2D eigenvalue weighted by Gasteiger charge is -2.12. The fourth-order valence-corrected chi connectivity index (χ4v) is 3.79. The van der Waals surface area contributed by atoms with E-state index in [-0.39, 0.29) is 11.1 Å². The van der Waals surface area contributed by atoms with Crippen LogP contribution in [0.4, 0.5) is 22.7 Å². The Morgan fingerprint density at radius 1 is 1.30 bits per heavy atom. The molecule has 20 heteroatoms. The van der Waals surface area contributed by atoms with Crippen molar-refractivity contribution in [1.82, 2.24) is 15.6 Å². The van der Waals surface area contributed by atoms with E-state index in [4.69, 9.17) is 15.9 Å². The molecular formula is C17H25F4N7O6S3. The number of sulfonamides is 1. The highest BCUT2D eigenvalue weighted by Gasteiger charge is 2.40. The number of anilines is 1. The van der Waals surface area contributed by atoms with Crippen molar-refractivity contribution in [2.24, 2.45) is 15.1 Å². The van der Waals surface area contributed by atoms with E-state index in [9.17, 15) is 35.6 Å². The van der Waals surface area contributed by atoms with Gasteiger partial charge in [-0.1, -0.05) is 0 Å². The van der Waals surface area contributed by atoms with Crippen LogP contribution in [0.1, 0.15) is 5.69 Å². The molecule has 1 heterocycles. The Bertz CT molecular complexity index is 1070. The van der Waals surface area contributed by atoms with E-state index in [1.54, 1.807) is 5.38 Å². The van der Waals surface area contributed by atoms with E-state index in [1.807, 2.05) is 0 Å². The van der Waals surface area contributed by atoms with E-state index in [1.165, 1.54) is 18.8 Å².